The van der Waals surface area contributed by atoms with Gasteiger partial charge in [0.05, 0.1) is 0 Å². The summed E-state index contributed by atoms with van der Waals surface area (Å²) in [6.07, 6.45) is 1.95. The smallest absolute Gasteiger partial charge is 0.137 e. The van der Waals surface area contributed by atoms with Crippen molar-refractivity contribution >= 4 is 5.78 Å². The van der Waals surface area contributed by atoms with E-state index in [1.165, 1.54) is 12.1 Å². The Labute approximate surface area is 96.7 Å². The minimum absolute atomic E-state index is 0.197. The summed E-state index contributed by atoms with van der Waals surface area (Å²) in [4.78, 5) is 11.7. The molecule has 1 nitrogen and oxygen atoms in total. The fraction of sp³-hybridized carbons (Fsp3) is 0.500. The van der Waals surface area contributed by atoms with Gasteiger partial charge < -0.3 is 0 Å². The molecule has 1 atom stereocenters. The lowest BCUT2D eigenvalue weighted by atomic mass is 9.96. The molecule has 0 fully saturated rings. The first-order chi connectivity index (χ1) is 7.52. The van der Waals surface area contributed by atoms with Crippen LogP contribution in [0.4, 0.5) is 4.39 Å². The Morgan fingerprint density at radius 2 is 2.12 bits per heavy atom. The SMILES string of the molecule is CCC(C)CC(=O)Cc1cc(F)ccc1C. The van der Waals surface area contributed by atoms with Crippen LogP contribution in [0.2, 0.25) is 0 Å². The number of ketones is 1. The zero-order valence-corrected chi connectivity index (χ0v) is 10.2. The first kappa shape index (κ1) is 12.9. The van der Waals surface area contributed by atoms with Crippen LogP contribution in [-0.2, 0) is 11.2 Å². The monoisotopic (exact) mass is 222 g/mol. The normalized spacial score (nSPS) is 12.5. The van der Waals surface area contributed by atoms with E-state index in [0.717, 1.165) is 17.5 Å². The van der Waals surface area contributed by atoms with Gasteiger partial charge in [-0.05, 0) is 36.1 Å². The molecule has 0 aliphatic carbocycles. The van der Waals surface area contributed by atoms with Crippen LogP contribution in [0.15, 0.2) is 18.2 Å². The highest BCUT2D eigenvalue weighted by atomic mass is 19.1. The molecule has 0 radical (unpaired) electrons. The van der Waals surface area contributed by atoms with E-state index in [4.69, 9.17) is 0 Å². The molecular formula is C14H19FO. The summed E-state index contributed by atoms with van der Waals surface area (Å²) in [5.41, 5.74) is 1.80. The van der Waals surface area contributed by atoms with Crippen molar-refractivity contribution < 1.29 is 9.18 Å². The third-order valence-corrected chi connectivity index (χ3v) is 2.97. The Hall–Kier alpha value is -1.18. The number of halogens is 1. The van der Waals surface area contributed by atoms with E-state index in [1.54, 1.807) is 6.07 Å². The maximum Gasteiger partial charge on any atom is 0.137 e. The van der Waals surface area contributed by atoms with Crippen molar-refractivity contribution in [1.82, 2.24) is 0 Å². The van der Waals surface area contributed by atoms with Gasteiger partial charge in [0, 0.05) is 12.8 Å². The summed E-state index contributed by atoms with van der Waals surface area (Å²) in [7, 11) is 0. The molecule has 0 saturated heterocycles. The lowest BCUT2D eigenvalue weighted by Crippen LogP contribution is -2.09. The predicted molar refractivity (Wildman–Crippen MR) is 63.9 cm³/mol. The second-order valence-electron chi connectivity index (χ2n) is 4.50. The number of Topliss-reactive ketones (excluding diaryl/α,β-unsaturated/α-hetero) is 1. The molecule has 0 aliphatic heterocycles. The molecule has 1 aromatic carbocycles. The molecular weight excluding hydrogens is 203 g/mol. The number of carbonyl (C=O) groups is 1. The van der Waals surface area contributed by atoms with Crippen molar-refractivity contribution in [2.45, 2.75) is 40.0 Å². The molecule has 0 spiro atoms. The topological polar surface area (TPSA) is 17.1 Å². The second-order valence-corrected chi connectivity index (χ2v) is 4.50. The Kier molecular flexibility index (Phi) is 4.66. The van der Waals surface area contributed by atoms with E-state index in [1.807, 2.05) is 6.92 Å². The Balaban J connectivity index is 2.65. The van der Waals surface area contributed by atoms with Crippen molar-refractivity contribution in [2.75, 3.05) is 0 Å². The Morgan fingerprint density at radius 1 is 1.44 bits per heavy atom. The summed E-state index contributed by atoms with van der Waals surface area (Å²) in [5.74, 6) is 0.348. The van der Waals surface area contributed by atoms with Crippen molar-refractivity contribution in [2.24, 2.45) is 5.92 Å². The zero-order valence-electron chi connectivity index (χ0n) is 10.2. The molecule has 0 bridgehead atoms. The molecule has 0 N–H and O–H groups in total. The Bertz CT molecular complexity index is 371. The summed E-state index contributed by atoms with van der Waals surface area (Å²) in [6.45, 7) is 6.05. The van der Waals surface area contributed by atoms with Gasteiger partial charge in [0.1, 0.15) is 11.6 Å². The van der Waals surface area contributed by atoms with Crippen LogP contribution < -0.4 is 0 Å². The average molecular weight is 222 g/mol. The van der Waals surface area contributed by atoms with Crippen LogP contribution in [0.25, 0.3) is 0 Å². The number of rotatable bonds is 5. The molecule has 16 heavy (non-hydrogen) atoms. The maximum absolute atomic E-state index is 13.0. The van der Waals surface area contributed by atoms with E-state index < -0.39 is 0 Å². The standard InChI is InChI=1S/C14H19FO/c1-4-10(2)7-14(16)9-12-8-13(15)6-5-11(12)3/h5-6,8,10H,4,7,9H2,1-3H3. The van der Waals surface area contributed by atoms with Gasteiger partial charge in [-0.1, -0.05) is 26.3 Å². The van der Waals surface area contributed by atoms with Crippen LogP contribution in [0.5, 0.6) is 0 Å². The molecule has 0 aromatic heterocycles. The lowest BCUT2D eigenvalue weighted by molar-refractivity contribution is -0.119. The first-order valence-corrected chi connectivity index (χ1v) is 5.79. The fourth-order valence-electron chi connectivity index (χ4n) is 1.65. The van der Waals surface area contributed by atoms with Gasteiger partial charge in [-0.2, -0.15) is 0 Å². The number of benzene rings is 1. The molecule has 0 heterocycles. The van der Waals surface area contributed by atoms with Crippen molar-refractivity contribution in [1.29, 1.82) is 0 Å². The molecule has 2 heteroatoms. The van der Waals surface area contributed by atoms with Crippen LogP contribution >= 0.6 is 0 Å². The van der Waals surface area contributed by atoms with E-state index >= 15 is 0 Å². The number of carbonyl (C=O) groups excluding carboxylic acids is 1. The molecule has 1 aromatic rings. The number of aryl methyl sites for hydroxylation is 1. The minimum Gasteiger partial charge on any atom is -0.299 e. The van der Waals surface area contributed by atoms with E-state index in [-0.39, 0.29) is 11.6 Å². The average Bonchev–Trinajstić information content (AvgIpc) is 2.23. The summed E-state index contributed by atoms with van der Waals surface area (Å²) < 4.78 is 13.0. The van der Waals surface area contributed by atoms with E-state index in [2.05, 4.69) is 13.8 Å². The second kappa shape index (κ2) is 5.78. The van der Waals surface area contributed by atoms with Gasteiger partial charge in [0.15, 0.2) is 0 Å². The van der Waals surface area contributed by atoms with Crippen molar-refractivity contribution in [3.8, 4) is 0 Å². The molecule has 1 rings (SSSR count). The molecule has 0 saturated carbocycles. The maximum atomic E-state index is 13.0. The van der Waals surface area contributed by atoms with Crippen molar-refractivity contribution in [3.63, 3.8) is 0 Å². The van der Waals surface area contributed by atoms with E-state index in [9.17, 15) is 9.18 Å². The number of hydrogen-bond acceptors (Lipinski definition) is 1. The minimum atomic E-state index is -0.267. The van der Waals surface area contributed by atoms with Crippen molar-refractivity contribution in [3.05, 3.63) is 35.1 Å². The van der Waals surface area contributed by atoms with Crippen LogP contribution in [0.3, 0.4) is 0 Å². The predicted octanol–water partition coefficient (Wildman–Crippen LogP) is 3.68. The largest absolute Gasteiger partial charge is 0.299 e. The molecule has 1 unspecified atom stereocenters. The van der Waals surface area contributed by atoms with Gasteiger partial charge in [-0.15, -0.1) is 0 Å². The zero-order chi connectivity index (χ0) is 12.1. The van der Waals surface area contributed by atoms with E-state index in [0.29, 0.717) is 18.8 Å². The third kappa shape index (κ3) is 3.76. The van der Waals surface area contributed by atoms with Gasteiger partial charge in [-0.25, -0.2) is 4.39 Å². The van der Waals surface area contributed by atoms with Crippen LogP contribution in [-0.4, -0.2) is 5.78 Å². The highest BCUT2D eigenvalue weighted by Crippen LogP contribution is 2.14. The quantitative estimate of drug-likeness (QED) is 0.742. The molecule has 88 valence electrons. The highest BCUT2D eigenvalue weighted by Gasteiger charge is 2.10. The fourth-order valence-corrected chi connectivity index (χ4v) is 1.65. The highest BCUT2D eigenvalue weighted by molar-refractivity contribution is 5.81. The third-order valence-electron chi connectivity index (χ3n) is 2.97. The summed E-state index contributed by atoms with van der Waals surface area (Å²) in [6, 6.07) is 4.61. The van der Waals surface area contributed by atoms with Crippen LogP contribution in [0, 0.1) is 18.7 Å². The lowest BCUT2D eigenvalue weighted by Gasteiger charge is -2.08. The molecule has 0 aliphatic rings. The van der Waals surface area contributed by atoms with Gasteiger partial charge in [-0.3, -0.25) is 4.79 Å². The van der Waals surface area contributed by atoms with Gasteiger partial charge in [0.2, 0.25) is 0 Å². The Morgan fingerprint density at radius 3 is 2.75 bits per heavy atom. The first-order valence-electron chi connectivity index (χ1n) is 5.79. The number of hydrogen-bond donors (Lipinski definition) is 0. The van der Waals surface area contributed by atoms with Crippen LogP contribution in [0.1, 0.15) is 37.8 Å². The summed E-state index contributed by atoms with van der Waals surface area (Å²) in [5, 5.41) is 0. The summed E-state index contributed by atoms with van der Waals surface area (Å²) >= 11 is 0. The van der Waals surface area contributed by atoms with Gasteiger partial charge in [0.25, 0.3) is 0 Å². The molecule has 0 amide bonds. The van der Waals surface area contributed by atoms with Gasteiger partial charge >= 0.3 is 0 Å².